The lowest BCUT2D eigenvalue weighted by molar-refractivity contribution is -0.131. The van der Waals surface area contributed by atoms with Gasteiger partial charge in [-0.15, -0.1) is 12.4 Å². The molecule has 0 aromatic carbocycles. The van der Waals surface area contributed by atoms with Gasteiger partial charge in [0.15, 0.2) is 0 Å². The van der Waals surface area contributed by atoms with E-state index in [1.165, 1.54) is 6.42 Å². The van der Waals surface area contributed by atoms with Crippen LogP contribution in [0.25, 0.3) is 0 Å². The molecule has 0 radical (unpaired) electrons. The fourth-order valence-corrected chi connectivity index (χ4v) is 2.19. The zero-order valence-corrected chi connectivity index (χ0v) is 11.8. The van der Waals surface area contributed by atoms with Crippen LogP contribution in [-0.4, -0.2) is 30.4 Å². The second-order valence-electron chi connectivity index (χ2n) is 4.76. The van der Waals surface area contributed by atoms with Crippen molar-refractivity contribution >= 4 is 18.3 Å². The molecule has 5 heteroatoms. The van der Waals surface area contributed by atoms with E-state index in [1.54, 1.807) is 4.90 Å². The Labute approximate surface area is 114 Å². The van der Waals surface area contributed by atoms with Crippen LogP contribution in [0, 0.1) is 6.92 Å². The molecule has 0 bridgehead atoms. The summed E-state index contributed by atoms with van der Waals surface area (Å²) in [5, 5.41) is 3.34. The van der Waals surface area contributed by atoms with Gasteiger partial charge in [0.1, 0.15) is 11.5 Å². The smallest absolute Gasteiger partial charge is 0.224 e. The van der Waals surface area contributed by atoms with Crippen LogP contribution in [0.1, 0.15) is 30.8 Å². The number of furan rings is 1. The number of aryl methyl sites for hydroxylation is 1. The van der Waals surface area contributed by atoms with Crippen LogP contribution in [0.2, 0.25) is 0 Å². The molecule has 1 atom stereocenters. The lowest BCUT2D eigenvalue weighted by atomic mass is 10.1. The van der Waals surface area contributed by atoms with Crippen LogP contribution in [0.3, 0.4) is 0 Å². The highest BCUT2D eigenvalue weighted by molar-refractivity contribution is 5.85. The molecule has 0 aliphatic carbocycles. The van der Waals surface area contributed by atoms with Crippen molar-refractivity contribution in [2.75, 3.05) is 13.6 Å². The number of carbonyl (C=O) groups is 1. The first kappa shape index (κ1) is 15.1. The van der Waals surface area contributed by atoms with Crippen LogP contribution >= 0.6 is 12.4 Å². The molecule has 1 aliphatic heterocycles. The third kappa shape index (κ3) is 4.03. The summed E-state index contributed by atoms with van der Waals surface area (Å²) in [5.74, 6) is 1.91. The molecule has 1 aliphatic rings. The van der Waals surface area contributed by atoms with Gasteiger partial charge in [0.25, 0.3) is 0 Å². The standard InChI is InChI=1S/C13H20N2O2.ClH/c1-10-5-6-12(17-10)9-15(2)13(16)8-11-4-3-7-14-11;/h5-6,11,14H,3-4,7-9H2,1-2H3;1H. The van der Waals surface area contributed by atoms with Crippen LogP contribution in [0.4, 0.5) is 0 Å². The van der Waals surface area contributed by atoms with Gasteiger partial charge in [-0.3, -0.25) is 4.79 Å². The molecule has 1 saturated heterocycles. The van der Waals surface area contributed by atoms with Gasteiger partial charge in [0.05, 0.1) is 6.54 Å². The van der Waals surface area contributed by atoms with Crippen LogP contribution in [-0.2, 0) is 11.3 Å². The SMILES string of the molecule is Cc1ccc(CN(C)C(=O)CC2CCCN2)o1.Cl. The summed E-state index contributed by atoms with van der Waals surface area (Å²) in [6.45, 7) is 3.51. The number of nitrogens with one attached hydrogen (secondary N) is 1. The third-order valence-corrected chi connectivity index (χ3v) is 3.20. The quantitative estimate of drug-likeness (QED) is 0.913. The molecule has 1 unspecified atom stereocenters. The fraction of sp³-hybridized carbons (Fsp3) is 0.615. The van der Waals surface area contributed by atoms with Crippen molar-refractivity contribution in [3.8, 4) is 0 Å². The highest BCUT2D eigenvalue weighted by atomic mass is 35.5. The number of rotatable bonds is 4. The second kappa shape index (κ2) is 6.81. The Bertz CT molecular complexity index is 386. The Kier molecular flexibility index (Phi) is 5.69. The molecule has 18 heavy (non-hydrogen) atoms. The van der Waals surface area contributed by atoms with Crippen molar-refractivity contribution in [2.24, 2.45) is 0 Å². The van der Waals surface area contributed by atoms with Crippen molar-refractivity contribution in [1.82, 2.24) is 10.2 Å². The van der Waals surface area contributed by atoms with Crippen LogP contribution < -0.4 is 5.32 Å². The summed E-state index contributed by atoms with van der Waals surface area (Å²) in [5.41, 5.74) is 0. The van der Waals surface area contributed by atoms with Crippen molar-refractivity contribution in [2.45, 2.75) is 38.8 Å². The molecule has 1 N–H and O–H groups in total. The first-order valence-corrected chi connectivity index (χ1v) is 6.18. The molecule has 102 valence electrons. The molecule has 1 amide bonds. The Morgan fingerprint density at radius 3 is 2.89 bits per heavy atom. The summed E-state index contributed by atoms with van der Waals surface area (Å²) >= 11 is 0. The van der Waals surface area contributed by atoms with E-state index in [-0.39, 0.29) is 18.3 Å². The maximum absolute atomic E-state index is 12.0. The van der Waals surface area contributed by atoms with E-state index in [0.717, 1.165) is 24.5 Å². The molecule has 1 aromatic rings. The van der Waals surface area contributed by atoms with Crippen molar-refractivity contribution in [3.63, 3.8) is 0 Å². The largest absolute Gasteiger partial charge is 0.464 e. The summed E-state index contributed by atoms with van der Waals surface area (Å²) in [7, 11) is 1.83. The van der Waals surface area contributed by atoms with Gasteiger partial charge in [-0.2, -0.15) is 0 Å². The monoisotopic (exact) mass is 272 g/mol. The zero-order chi connectivity index (χ0) is 12.3. The van der Waals surface area contributed by atoms with Crippen LogP contribution in [0.15, 0.2) is 16.5 Å². The normalized spacial score (nSPS) is 18.4. The van der Waals surface area contributed by atoms with Gasteiger partial charge in [0, 0.05) is 19.5 Å². The number of amides is 1. The second-order valence-corrected chi connectivity index (χ2v) is 4.76. The van der Waals surface area contributed by atoms with E-state index in [0.29, 0.717) is 19.0 Å². The van der Waals surface area contributed by atoms with E-state index in [1.807, 2.05) is 26.1 Å². The molecular weight excluding hydrogens is 252 g/mol. The number of halogens is 1. The lowest BCUT2D eigenvalue weighted by Crippen LogP contribution is -2.33. The molecule has 0 saturated carbocycles. The number of carbonyl (C=O) groups excluding carboxylic acids is 1. The van der Waals surface area contributed by atoms with Gasteiger partial charge in [-0.1, -0.05) is 0 Å². The number of hydrogen-bond acceptors (Lipinski definition) is 3. The average Bonchev–Trinajstić information content (AvgIpc) is 2.90. The van der Waals surface area contributed by atoms with Gasteiger partial charge >= 0.3 is 0 Å². The van der Waals surface area contributed by atoms with Crippen molar-refractivity contribution in [1.29, 1.82) is 0 Å². The Hall–Kier alpha value is -1.00. The average molecular weight is 273 g/mol. The van der Waals surface area contributed by atoms with Crippen LogP contribution in [0.5, 0.6) is 0 Å². The lowest BCUT2D eigenvalue weighted by Gasteiger charge is -2.18. The van der Waals surface area contributed by atoms with E-state index in [4.69, 9.17) is 4.42 Å². The summed E-state index contributed by atoms with van der Waals surface area (Å²) in [4.78, 5) is 13.7. The van der Waals surface area contributed by atoms with Gasteiger partial charge in [-0.05, 0) is 38.4 Å². The van der Waals surface area contributed by atoms with E-state index >= 15 is 0 Å². The Morgan fingerprint density at radius 1 is 1.56 bits per heavy atom. The van der Waals surface area contributed by atoms with E-state index < -0.39 is 0 Å². The molecular formula is C13H21ClN2O2. The van der Waals surface area contributed by atoms with E-state index in [2.05, 4.69) is 5.32 Å². The van der Waals surface area contributed by atoms with Gasteiger partial charge in [-0.25, -0.2) is 0 Å². The molecule has 1 aromatic heterocycles. The topological polar surface area (TPSA) is 45.5 Å². The maximum Gasteiger partial charge on any atom is 0.224 e. The molecule has 0 spiro atoms. The molecule has 4 nitrogen and oxygen atoms in total. The first-order valence-electron chi connectivity index (χ1n) is 6.18. The predicted molar refractivity (Wildman–Crippen MR) is 72.8 cm³/mol. The molecule has 2 rings (SSSR count). The number of nitrogens with zero attached hydrogens (tertiary/aromatic N) is 1. The summed E-state index contributed by atoms with van der Waals surface area (Å²) in [6, 6.07) is 4.21. The van der Waals surface area contributed by atoms with Crippen molar-refractivity contribution < 1.29 is 9.21 Å². The highest BCUT2D eigenvalue weighted by Gasteiger charge is 2.20. The molecule has 2 heterocycles. The van der Waals surface area contributed by atoms with Gasteiger partial charge in [0.2, 0.25) is 5.91 Å². The Morgan fingerprint density at radius 2 is 2.33 bits per heavy atom. The fourth-order valence-electron chi connectivity index (χ4n) is 2.19. The predicted octanol–water partition coefficient (Wildman–Crippen LogP) is 2.11. The van der Waals surface area contributed by atoms with Gasteiger partial charge < -0.3 is 14.6 Å². The minimum Gasteiger partial charge on any atom is -0.464 e. The summed E-state index contributed by atoms with van der Waals surface area (Å²) < 4.78 is 5.46. The Balaban J connectivity index is 0.00000162. The maximum atomic E-state index is 12.0. The minimum atomic E-state index is 0. The molecule has 1 fully saturated rings. The third-order valence-electron chi connectivity index (χ3n) is 3.20. The summed E-state index contributed by atoms with van der Waals surface area (Å²) in [6.07, 6.45) is 2.88. The van der Waals surface area contributed by atoms with E-state index in [9.17, 15) is 4.79 Å². The number of hydrogen-bond donors (Lipinski definition) is 1. The minimum absolute atomic E-state index is 0. The van der Waals surface area contributed by atoms with Crippen molar-refractivity contribution in [3.05, 3.63) is 23.7 Å². The zero-order valence-electron chi connectivity index (χ0n) is 10.9. The highest BCUT2D eigenvalue weighted by Crippen LogP contribution is 2.13. The first-order chi connectivity index (χ1) is 8.15.